The molecule has 3 heterocycles. The molecule has 16 nitrogen and oxygen atoms in total. The number of benzene rings is 1. The Morgan fingerprint density at radius 3 is 2.49 bits per heavy atom. The standard InChI is InChI=1S/C36H53N9O7S/c1-3-4-5-10-39-33-32-28(41-36(38)42-33)8-12-45(32)22-26-7-6-25(19-24(26)2)21-43-13-15-44(16-14-43)30(46)9-17-52-18-11-40-34(49)29(20-31(47)48)53-23-27(37)35(50)51/h6-8,12,19,27,29H,3-5,9-11,13-18,20-23,37H2,1-2H3,(H,40,49)(H,47,48)(H,50,51)(H3,38,39,41,42)/t27-,29-/m0/s1. The highest BCUT2D eigenvalue weighted by atomic mass is 32.2. The third-order valence-corrected chi connectivity index (χ3v) is 10.4. The summed E-state index contributed by atoms with van der Waals surface area (Å²) in [7, 11) is 0. The van der Waals surface area contributed by atoms with Gasteiger partial charge in [0.25, 0.3) is 0 Å². The minimum Gasteiger partial charge on any atom is -0.481 e. The molecule has 1 aliphatic heterocycles. The molecular weight excluding hydrogens is 703 g/mol. The lowest BCUT2D eigenvalue weighted by molar-refractivity contribution is -0.138. The number of anilines is 2. The summed E-state index contributed by atoms with van der Waals surface area (Å²) < 4.78 is 7.71. The van der Waals surface area contributed by atoms with Gasteiger partial charge in [-0.05, 0) is 36.1 Å². The number of piperazine rings is 1. The molecule has 0 spiro atoms. The fourth-order valence-electron chi connectivity index (χ4n) is 6.05. The molecule has 2 aromatic heterocycles. The van der Waals surface area contributed by atoms with Crippen molar-refractivity contribution in [3.05, 3.63) is 47.2 Å². The second-order valence-corrected chi connectivity index (χ2v) is 14.4. The van der Waals surface area contributed by atoms with Gasteiger partial charge in [0.2, 0.25) is 17.8 Å². The monoisotopic (exact) mass is 755 g/mol. The van der Waals surface area contributed by atoms with Crippen molar-refractivity contribution in [2.45, 2.75) is 70.3 Å². The van der Waals surface area contributed by atoms with E-state index >= 15 is 0 Å². The summed E-state index contributed by atoms with van der Waals surface area (Å²) in [5, 5.41) is 23.1. The van der Waals surface area contributed by atoms with E-state index in [4.69, 9.17) is 26.4 Å². The van der Waals surface area contributed by atoms with E-state index in [1.807, 2.05) is 17.2 Å². The van der Waals surface area contributed by atoms with Gasteiger partial charge in [0.05, 0.1) is 36.8 Å². The number of carboxylic acids is 2. The van der Waals surface area contributed by atoms with Crippen LogP contribution in [0.15, 0.2) is 30.5 Å². The molecule has 3 aromatic rings. The summed E-state index contributed by atoms with van der Waals surface area (Å²) in [6.07, 6.45) is 5.14. The number of ether oxygens (including phenoxy) is 1. The number of thioether (sulfide) groups is 1. The van der Waals surface area contributed by atoms with Crippen LogP contribution in [0, 0.1) is 6.92 Å². The number of nitrogens with one attached hydrogen (secondary N) is 2. The summed E-state index contributed by atoms with van der Waals surface area (Å²) in [4.78, 5) is 60.4. The van der Waals surface area contributed by atoms with Crippen LogP contribution in [0.5, 0.6) is 0 Å². The maximum Gasteiger partial charge on any atom is 0.321 e. The predicted octanol–water partition coefficient (Wildman–Crippen LogP) is 2.13. The Labute approximate surface area is 314 Å². The first-order valence-electron chi connectivity index (χ1n) is 18.1. The van der Waals surface area contributed by atoms with Crippen molar-refractivity contribution in [2.24, 2.45) is 5.73 Å². The molecule has 1 aliphatic rings. The molecule has 0 saturated carbocycles. The Morgan fingerprint density at radius 2 is 1.79 bits per heavy atom. The summed E-state index contributed by atoms with van der Waals surface area (Å²) in [5.41, 5.74) is 16.9. The summed E-state index contributed by atoms with van der Waals surface area (Å²) >= 11 is 0.885. The molecule has 53 heavy (non-hydrogen) atoms. The Morgan fingerprint density at radius 1 is 1.02 bits per heavy atom. The number of hydrogen-bond donors (Lipinski definition) is 6. The van der Waals surface area contributed by atoms with Crippen LogP contribution in [-0.2, 0) is 37.0 Å². The third kappa shape index (κ3) is 12.9. The molecule has 0 bridgehead atoms. The van der Waals surface area contributed by atoms with Crippen molar-refractivity contribution in [3.8, 4) is 0 Å². The number of hydrogen-bond acceptors (Lipinski definition) is 12. The molecule has 17 heteroatoms. The number of amides is 2. The average molecular weight is 756 g/mol. The zero-order chi connectivity index (χ0) is 38.3. The number of aromatic nitrogens is 3. The molecule has 2 atom stereocenters. The first kappa shape index (κ1) is 41.3. The van der Waals surface area contributed by atoms with E-state index in [1.54, 1.807) is 0 Å². The molecule has 0 unspecified atom stereocenters. The number of carboxylic acid groups (broad SMARTS) is 2. The zero-order valence-corrected chi connectivity index (χ0v) is 31.4. The van der Waals surface area contributed by atoms with Crippen molar-refractivity contribution in [3.63, 3.8) is 0 Å². The van der Waals surface area contributed by atoms with Gasteiger partial charge in [-0.1, -0.05) is 38.0 Å². The van der Waals surface area contributed by atoms with Crippen molar-refractivity contribution in [2.75, 3.05) is 69.3 Å². The number of aliphatic carboxylic acids is 2. The van der Waals surface area contributed by atoms with Crippen molar-refractivity contribution < 1.29 is 34.1 Å². The van der Waals surface area contributed by atoms with Gasteiger partial charge in [0.1, 0.15) is 11.6 Å². The number of nitrogens with zero attached hydrogens (tertiary/aromatic N) is 5. The van der Waals surface area contributed by atoms with Crippen molar-refractivity contribution in [1.29, 1.82) is 0 Å². The van der Waals surface area contributed by atoms with Crippen LogP contribution in [0.3, 0.4) is 0 Å². The van der Waals surface area contributed by atoms with E-state index in [1.165, 1.54) is 16.7 Å². The second kappa shape index (κ2) is 20.7. The van der Waals surface area contributed by atoms with Crippen molar-refractivity contribution in [1.82, 2.24) is 29.7 Å². The number of carbonyl (C=O) groups excluding carboxylic acids is 2. The average Bonchev–Trinajstić information content (AvgIpc) is 3.52. The Bertz CT molecular complexity index is 1700. The van der Waals surface area contributed by atoms with Crippen LogP contribution >= 0.6 is 11.8 Å². The zero-order valence-electron chi connectivity index (χ0n) is 30.6. The van der Waals surface area contributed by atoms with Crippen LogP contribution in [0.2, 0.25) is 0 Å². The smallest absolute Gasteiger partial charge is 0.321 e. The number of nitrogen functional groups attached to an aromatic ring is 1. The molecule has 4 rings (SSSR count). The first-order chi connectivity index (χ1) is 25.4. The van der Waals surface area contributed by atoms with Gasteiger partial charge in [-0.3, -0.25) is 24.1 Å². The fourth-order valence-corrected chi connectivity index (χ4v) is 7.13. The number of nitrogens with two attached hydrogens (primary N) is 2. The molecular formula is C36H53N9O7S. The number of fused-ring (bicyclic) bond motifs is 1. The molecule has 290 valence electrons. The number of rotatable bonds is 22. The lowest BCUT2D eigenvalue weighted by Gasteiger charge is -2.35. The van der Waals surface area contributed by atoms with Gasteiger partial charge in [0.15, 0.2) is 5.82 Å². The SMILES string of the molecule is CCCCCNc1nc(N)nc2ccn(Cc3ccc(CN4CCN(C(=O)CCOCCNC(=O)[C@H](CC(=O)O)SC[C@H](N)C(=O)O)CC4)cc3C)c12. The molecule has 0 aliphatic carbocycles. The lowest BCUT2D eigenvalue weighted by Crippen LogP contribution is -2.48. The van der Waals surface area contributed by atoms with Gasteiger partial charge < -0.3 is 46.5 Å². The van der Waals surface area contributed by atoms with Crippen LogP contribution in [-0.4, -0.2) is 128 Å². The highest BCUT2D eigenvalue weighted by molar-refractivity contribution is 8.00. The third-order valence-electron chi connectivity index (χ3n) is 9.03. The predicted molar refractivity (Wildman–Crippen MR) is 205 cm³/mol. The number of aryl methyl sites for hydroxylation is 1. The minimum absolute atomic E-state index is 0.00603. The second-order valence-electron chi connectivity index (χ2n) is 13.2. The largest absolute Gasteiger partial charge is 0.481 e. The molecule has 1 aromatic carbocycles. The molecule has 2 amide bonds. The topological polar surface area (TPSA) is 231 Å². The summed E-state index contributed by atoms with van der Waals surface area (Å²) in [6, 6.07) is 7.36. The van der Waals surface area contributed by atoms with Gasteiger partial charge >= 0.3 is 11.9 Å². The van der Waals surface area contributed by atoms with E-state index in [0.29, 0.717) is 19.6 Å². The Balaban J connectivity index is 1.17. The first-order valence-corrected chi connectivity index (χ1v) is 19.1. The van der Waals surface area contributed by atoms with Gasteiger partial charge in [-0.15, -0.1) is 11.8 Å². The number of carbonyl (C=O) groups is 4. The van der Waals surface area contributed by atoms with Crippen LogP contribution < -0.4 is 22.1 Å². The molecule has 8 N–H and O–H groups in total. The fraction of sp³-hybridized carbons (Fsp3) is 0.556. The van der Waals surface area contributed by atoms with Gasteiger partial charge in [-0.25, -0.2) is 4.98 Å². The van der Waals surface area contributed by atoms with Gasteiger partial charge in [-0.2, -0.15) is 4.98 Å². The van der Waals surface area contributed by atoms with Crippen LogP contribution in [0.25, 0.3) is 11.0 Å². The maximum atomic E-state index is 12.8. The Hall–Kier alpha value is -4.45. The van der Waals surface area contributed by atoms with Crippen LogP contribution in [0.4, 0.5) is 11.8 Å². The number of unbranched alkanes of at least 4 members (excludes halogenated alkanes) is 2. The highest BCUT2D eigenvalue weighted by Crippen LogP contribution is 2.25. The molecule has 1 saturated heterocycles. The highest BCUT2D eigenvalue weighted by Gasteiger charge is 2.25. The summed E-state index contributed by atoms with van der Waals surface area (Å²) in [5.74, 6) is -2.01. The van der Waals surface area contributed by atoms with E-state index in [9.17, 15) is 19.2 Å². The summed E-state index contributed by atoms with van der Waals surface area (Å²) in [6.45, 7) is 9.86. The molecule has 1 fully saturated rings. The van der Waals surface area contributed by atoms with E-state index < -0.39 is 35.6 Å². The quantitative estimate of drug-likeness (QED) is 0.0808. The Kier molecular flexibility index (Phi) is 16.1. The van der Waals surface area contributed by atoms with Crippen molar-refractivity contribution >= 4 is 58.3 Å². The minimum atomic E-state index is -1.23. The van der Waals surface area contributed by atoms with E-state index in [0.717, 1.165) is 74.1 Å². The van der Waals surface area contributed by atoms with E-state index in [-0.39, 0.29) is 43.8 Å². The molecule has 0 radical (unpaired) electrons. The lowest BCUT2D eigenvalue weighted by atomic mass is 10.0. The van der Waals surface area contributed by atoms with E-state index in [2.05, 4.69) is 62.1 Å². The maximum absolute atomic E-state index is 12.8. The van der Waals surface area contributed by atoms with Crippen LogP contribution in [0.1, 0.15) is 55.7 Å². The van der Waals surface area contributed by atoms with Gasteiger partial charge in [0, 0.05) is 64.3 Å². The normalized spacial score (nSPS) is 14.6.